The van der Waals surface area contributed by atoms with Crippen LogP contribution in [0.25, 0.3) is 0 Å². The molecule has 0 saturated carbocycles. The molecule has 0 aromatic carbocycles. The van der Waals surface area contributed by atoms with Crippen molar-refractivity contribution < 1.29 is 4.84 Å². The predicted molar refractivity (Wildman–Crippen MR) is 37.3 cm³/mol. The Kier molecular flexibility index (Phi) is 2.76. The van der Waals surface area contributed by atoms with Crippen molar-refractivity contribution in [1.82, 2.24) is 9.71 Å². The van der Waals surface area contributed by atoms with Crippen LogP contribution >= 0.6 is 0 Å². The number of hydrogen-bond acceptors (Lipinski definition) is 3. The van der Waals surface area contributed by atoms with Crippen molar-refractivity contribution in [2.75, 3.05) is 13.2 Å². The minimum absolute atomic E-state index is 0.646. The molecule has 0 fully saturated rings. The van der Waals surface area contributed by atoms with E-state index in [0.29, 0.717) is 13.2 Å². The molecule has 0 aliphatic heterocycles. The van der Waals surface area contributed by atoms with E-state index in [-0.39, 0.29) is 0 Å². The highest BCUT2D eigenvalue weighted by Crippen LogP contribution is 1.81. The van der Waals surface area contributed by atoms with Gasteiger partial charge in [0.25, 0.3) is 0 Å². The first-order valence-corrected chi connectivity index (χ1v) is 3.25. The first kappa shape index (κ1) is 7.08. The molecule has 10 heavy (non-hydrogen) atoms. The second-order valence-electron chi connectivity index (χ2n) is 1.90. The summed E-state index contributed by atoms with van der Waals surface area (Å²) in [6, 6.07) is 0. The van der Waals surface area contributed by atoms with Crippen LogP contribution in [0, 0.1) is 0 Å². The quantitative estimate of drug-likeness (QED) is 0.584. The standard InChI is InChI=1S/C6H11N3O/c7-2-1-5-10-9-4-3-8-6-9/h3-4,6H,1-2,5,7H2. The molecule has 4 heteroatoms. The Balaban J connectivity index is 2.15. The molecular weight excluding hydrogens is 130 g/mol. The van der Waals surface area contributed by atoms with Gasteiger partial charge in [0.1, 0.15) is 12.9 Å². The third-order valence-corrected chi connectivity index (χ3v) is 1.07. The summed E-state index contributed by atoms with van der Waals surface area (Å²) >= 11 is 0. The Hall–Kier alpha value is -1.03. The second kappa shape index (κ2) is 3.90. The summed E-state index contributed by atoms with van der Waals surface area (Å²) < 4.78 is 1.57. The van der Waals surface area contributed by atoms with Gasteiger partial charge in [-0.1, -0.05) is 0 Å². The molecule has 1 heterocycles. The monoisotopic (exact) mass is 141 g/mol. The molecule has 2 N–H and O–H groups in total. The molecule has 1 aromatic rings. The molecule has 4 nitrogen and oxygen atoms in total. The molecule has 0 bridgehead atoms. The van der Waals surface area contributed by atoms with Crippen LogP contribution in [0.15, 0.2) is 18.7 Å². The Morgan fingerprint density at radius 2 is 2.50 bits per heavy atom. The predicted octanol–water partition coefficient (Wildman–Crippen LogP) is -0.340. The number of rotatable bonds is 4. The lowest BCUT2D eigenvalue weighted by Crippen LogP contribution is -2.13. The Morgan fingerprint density at radius 1 is 1.60 bits per heavy atom. The van der Waals surface area contributed by atoms with Gasteiger partial charge in [0.05, 0.1) is 6.20 Å². The fourth-order valence-corrected chi connectivity index (χ4v) is 0.577. The van der Waals surface area contributed by atoms with E-state index < -0.39 is 0 Å². The summed E-state index contributed by atoms with van der Waals surface area (Å²) in [6.07, 6.45) is 5.90. The van der Waals surface area contributed by atoms with Crippen LogP contribution in [-0.2, 0) is 0 Å². The van der Waals surface area contributed by atoms with Gasteiger partial charge in [-0.3, -0.25) is 0 Å². The zero-order valence-electron chi connectivity index (χ0n) is 5.73. The van der Waals surface area contributed by atoms with E-state index in [0.717, 1.165) is 6.42 Å². The maximum absolute atomic E-state index is 5.26. The highest BCUT2D eigenvalue weighted by Gasteiger charge is 1.86. The number of imidazole rings is 1. The second-order valence-corrected chi connectivity index (χ2v) is 1.90. The van der Waals surface area contributed by atoms with E-state index >= 15 is 0 Å². The van der Waals surface area contributed by atoms with Gasteiger partial charge < -0.3 is 10.6 Å². The van der Waals surface area contributed by atoms with Crippen molar-refractivity contribution in [2.24, 2.45) is 5.73 Å². The first-order valence-electron chi connectivity index (χ1n) is 3.25. The lowest BCUT2D eigenvalue weighted by molar-refractivity contribution is 0.109. The highest BCUT2D eigenvalue weighted by molar-refractivity contribution is 4.69. The molecule has 0 amide bonds. The van der Waals surface area contributed by atoms with Gasteiger partial charge >= 0.3 is 0 Å². The minimum Gasteiger partial charge on any atom is -0.413 e. The molecule has 0 atom stereocenters. The van der Waals surface area contributed by atoms with E-state index in [2.05, 4.69) is 4.98 Å². The molecular formula is C6H11N3O. The van der Waals surface area contributed by atoms with Gasteiger partial charge in [0.2, 0.25) is 0 Å². The van der Waals surface area contributed by atoms with E-state index in [9.17, 15) is 0 Å². The third kappa shape index (κ3) is 2.06. The van der Waals surface area contributed by atoms with Crippen LogP contribution in [-0.4, -0.2) is 22.9 Å². The van der Waals surface area contributed by atoms with Crippen LogP contribution in [0.2, 0.25) is 0 Å². The van der Waals surface area contributed by atoms with Crippen molar-refractivity contribution >= 4 is 0 Å². The largest absolute Gasteiger partial charge is 0.413 e. The third-order valence-electron chi connectivity index (χ3n) is 1.07. The maximum Gasteiger partial charge on any atom is 0.131 e. The summed E-state index contributed by atoms with van der Waals surface area (Å²) in [5, 5.41) is 0. The van der Waals surface area contributed by atoms with Gasteiger partial charge in [0.15, 0.2) is 0 Å². The number of nitrogens with two attached hydrogens (primary N) is 1. The summed E-state index contributed by atoms with van der Waals surface area (Å²) in [5.74, 6) is 0. The van der Waals surface area contributed by atoms with Crippen LogP contribution in [0.4, 0.5) is 0 Å². The van der Waals surface area contributed by atoms with Crippen molar-refractivity contribution in [1.29, 1.82) is 0 Å². The average molecular weight is 141 g/mol. The summed E-state index contributed by atoms with van der Waals surface area (Å²) in [4.78, 5) is 8.97. The van der Waals surface area contributed by atoms with E-state index in [1.807, 2.05) is 0 Å². The molecule has 56 valence electrons. The number of hydrogen-bond donors (Lipinski definition) is 1. The number of aromatic nitrogens is 2. The highest BCUT2D eigenvalue weighted by atomic mass is 16.7. The molecule has 0 saturated heterocycles. The molecule has 0 aliphatic carbocycles. The smallest absolute Gasteiger partial charge is 0.131 e. The normalized spacial score (nSPS) is 9.70. The van der Waals surface area contributed by atoms with Crippen molar-refractivity contribution in [3.05, 3.63) is 18.7 Å². The zero-order chi connectivity index (χ0) is 7.23. The maximum atomic E-state index is 5.26. The van der Waals surface area contributed by atoms with E-state index in [4.69, 9.17) is 10.6 Å². The number of nitrogens with zero attached hydrogens (tertiary/aromatic N) is 2. The summed E-state index contributed by atoms with van der Waals surface area (Å²) in [7, 11) is 0. The summed E-state index contributed by atoms with van der Waals surface area (Å²) in [6.45, 7) is 1.31. The van der Waals surface area contributed by atoms with Crippen molar-refractivity contribution in [2.45, 2.75) is 6.42 Å². The SMILES string of the molecule is NCCCOn1ccnc1. The Bertz CT molecular complexity index is 162. The molecule has 1 aromatic heterocycles. The Labute approximate surface area is 59.6 Å². The lowest BCUT2D eigenvalue weighted by atomic mass is 10.5. The van der Waals surface area contributed by atoms with Crippen LogP contribution in [0.1, 0.15) is 6.42 Å². The van der Waals surface area contributed by atoms with Crippen molar-refractivity contribution in [3.63, 3.8) is 0 Å². The average Bonchev–Trinajstić information content (AvgIpc) is 2.41. The summed E-state index contributed by atoms with van der Waals surface area (Å²) in [5.41, 5.74) is 5.26. The van der Waals surface area contributed by atoms with E-state index in [1.54, 1.807) is 23.5 Å². The topological polar surface area (TPSA) is 53.1 Å². The van der Waals surface area contributed by atoms with Gasteiger partial charge in [-0.05, 0) is 13.0 Å². The van der Waals surface area contributed by atoms with E-state index in [1.165, 1.54) is 0 Å². The van der Waals surface area contributed by atoms with Crippen LogP contribution < -0.4 is 10.6 Å². The van der Waals surface area contributed by atoms with Crippen LogP contribution in [0.3, 0.4) is 0 Å². The van der Waals surface area contributed by atoms with Crippen molar-refractivity contribution in [3.8, 4) is 0 Å². The Morgan fingerprint density at radius 3 is 3.10 bits per heavy atom. The first-order chi connectivity index (χ1) is 4.93. The van der Waals surface area contributed by atoms with Gasteiger partial charge in [-0.25, -0.2) is 4.98 Å². The van der Waals surface area contributed by atoms with Crippen LogP contribution in [0.5, 0.6) is 0 Å². The molecule has 1 rings (SSSR count). The van der Waals surface area contributed by atoms with Gasteiger partial charge in [-0.2, -0.15) is 4.73 Å². The fourth-order valence-electron chi connectivity index (χ4n) is 0.577. The van der Waals surface area contributed by atoms with Gasteiger partial charge in [-0.15, -0.1) is 0 Å². The lowest BCUT2D eigenvalue weighted by Gasteiger charge is -2.02. The fraction of sp³-hybridized carbons (Fsp3) is 0.500. The molecule has 0 spiro atoms. The van der Waals surface area contributed by atoms with Gasteiger partial charge in [0, 0.05) is 6.20 Å². The minimum atomic E-state index is 0.646. The molecule has 0 radical (unpaired) electrons. The molecule has 0 unspecified atom stereocenters. The zero-order valence-corrected chi connectivity index (χ0v) is 5.73. The molecule has 0 aliphatic rings.